The van der Waals surface area contributed by atoms with E-state index >= 15 is 0 Å². The van der Waals surface area contributed by atoms with Crippen molar-refractivity contribution < 1.29 is 9.59 Å². The molecule has 2 fully saturated rings. The second kappa shape index (κ2) is 9.20. The molecule has 1 aromatic rings. The Morgan fingerprint density at radius 2 is 2.00 bits per heavy atom. The third kappa shape index (κ3) is 5.44. The van der Waals surface area contributed by atoms with E-state index in [0.717, 1.165) is 31.5 Å². The summed E-state index contributed by atoms with van der Waals surface area (Å²) in [4.78, 5) is 25.7. The van der Waals surface area contributed by atoms with E-state index in [4.69, 9.17) is 0 Å². The normalized spacial score (nSPS) is 20.8. The highest BCUT2D eigenvalue weighted by Gasteiger charge is 2.27. The van der Waals surface area contributed by atoms with Crippen LogP contribution in [0.2, 0.25) is 0 Å². The lowest BCUT2D eigenvalue weighted by molar-refractivity contribution is -0.119. The van der Waals surface area contributed by atoms with Crippen LogP contribution in [0.1, 0.15) is 42.1 Å². The molecule has 0 aromatic heterocycles. The molecule has 6 heteroatoms. The van der Waals surface area contributed by atoms with Crippen LogP contribution in [0.15, 0.2) is 24.3 Å². The summed E-state index contributed by atoms with van der Waals surface area (Å²) < 4.78 is 0. The molecule has 25 heavy (non-hydrogen) atoms. The lowest BCUT2D eigenvalue weighted by Gasteiger charge is -2.23. The molecule has 0 aliphatic carbocycles. The zero-order chi connectivity index (χ0) is 16.9. The van der Waals surface area contributed by atoms with Crippen LogP contribution in [-0.4, -0.2) is 48.9 Å². The van der Waals surface area contributed by atoms with Crippen molar-refractivity contribution >= 4 is 24.2 Å². The molecular weight excluding hydrogens is 338 g/mol. The monoisotopic (exact) mass is 365 g/mol. The fourth-order valence-corrected chi connectivity index (χ4v) is 3.78. The van der Waals surface area contributed by atoms with E-state index in [2.05, 4.69) is 22.8 Å². The fourth-order valence-electron chi connectivity index (χ4n) is 3.78. The molecule has 138 valence electrons. The summed E-state index contributed by atoms with van der Waals surface area (Å²) in [5, 5.41) is 6.30. The number of amides is 2. The predicted molar refractivity (Wildman–Crippen MR) is 101 cm³/mol. The van der Waals surface area contributed by atoms with Gasteiger partial charge in [0, 0.05) is 31.6 Å². The lowest BCUT2D eigenvalue weighted by Crippen LogP contribution is -2.37. The number of nitrogens with zero attached hydrogens (tertiary/aromatic N) is 1. The van der Waals surface area contributed by atoms with Crippen molar-refractivity contribution in [2.24, 2.45) is 5.92 Å². The standard InChI is InChI=1S/C19H27N3O2.ClH/c1-14(23)21-18-7-10-22(13-18)19(24)17-4-2-3-16(12-17)11-15-5-8-20-9-6-15;/h2-4,12,15,18,20H,5-11,13H2,1H3,(H,21,23);1H/t18-;/m0./s1. The second-order valence-corrected chi connectivity index (χ2v) is 7.04. The average Bonchev–Trinajstić information content (AvgIpc) is 3.03. The van der Waals surface area contributed by atoms with Crippen LogP contribution in [0.5, 0.6) is 0 Å². The topological polar surface area (TPSA) is 61.4 Å². The van der Waals surface area contributed by atoms with Gasteiger partial charge < -0.3 is 15.5 Å². The molecule has 0 unspecified atom stereocenters. The first-order valence-corrected chi connectivity index (χ1v) is 8.98. The van der Waals surface area contributed by atoms with Crippen LogP contribution in [0.25, 0.3) is 0 Å². The summed E-state index contributed by atoms with van der Waals surface area (Å²) in [6, 6.07) is 8.16. The first-order chi connectivity index (χ1) is 11.6. The van der Waals surface area contributed by atoms with Crippen LogP contribution in [-0.2, 0) is 11.2 Å². The lowest BCUT2D eigenvalue weighted by atomic mass is 9.90. The van der Waals surface area contributed by atoms with Gasteiger partial charge in [0.15, 0.2) is 0 Å². The summed E-state index contributed by atoms with van der Waals surface area (Å²) in [6.45, 7) is 5.04. The first-order valence-electron chi connectivity index (χ1n) is 8.98. The summed E-state index contributed by atoms with van der Waals surface area (Å²) in [5.74, 6) is 0.765. The van der Waals surface area contributed by atoms with Gasteiger partial charge in [0.2, 0.25) is 5.91 Å². The van der Waals surface area contributed by atoms with Crippen molar-refractivity contribution in [1.82, 2.24) is 15.5 Å². The maximum Gasteiger partial charge on any atom is 0.253 e. The summed E-state index contributed by atoms with van der Waals surface area (Å²) in [6.07, 6.45) is 4.31. The Kier molecular flexibility index (Phi) is 7.26. The molecule has 0 saturated carbocycles. The third-order valence-electron chi connectivity index (χ3n) is 5.04. The molecule has 2 aliphatic heterocycles. The number of likely N-dealkylation sites (tertiary alicyclic amines) is 1. The molecular formula is C19H28ClN3O2. The highest BCUT2D eigenvalue weighted by molar-refractivity contribution is 5.94. The Morgan fingerprint density at radius 1 is 1.24 bits per heavy atom. The van der Waals surface area contributed by atoms with Crippen molar-refractivity contribution in [3.05, 3.63) is 35.4 Å². The summed E-state index contributed by atoms with van der Waals surface area (Å²) in [7, 11) is 0. The molecule has 5 nitrogen and oxygen atoms in total. The molecule has 2 amide bonds. The van der Waals surface area contributed by atoms with Gasteiger partial charge in [-0.25, -0.2) is 0 Å². The molecule has 2 aliphatic rings. The van der Waals surface area contributed by atoms with Gasteiger partial charge in [-0.05, 0) is 62.4 Å². The fraction of sp³-hybridized carbons (Fsp3) is 0.579. The van der Waals surface area contributed by atoms with E-state index < -0.39 is 0 Å². The average molecular weight is 366 g/mol. The molecule has 0 spiro atoms. The van der Waals surface area contributed by atoms with Gasteiger partial charge in [0.25, 0.3) is 5.91 Å². The predicted octanol–water partition coefficient (Wildman–Crippen LogP) is 2.00. The van der Waals surface area contributed by atoms with Crippen molar-refractivity contribution in [3.8, 4) is 0 Å². The molecule has 2 saturated heterocycles. The number of piperidine rings is 1. The number of hydrogen-bond acceptors (Lipinski definition) is 3. The maximum absolute atomic E-state index is 12.7. The number of halogens is 1. The Hall–Kier alpha value is -1.59. The highest BCUT2D eigenvalue weighted by Crippen LogP contribution is 2.20. The number of nitrogens with one attached hydrogen (secondary N) is 2. The molecule has 0 radical (unpaired) electrons. The number of rotatable bonds is 4. The quantitative estimate of drug-likeness (QED) is 0.857. The Bertz CT molecular complexity index is 602. The number of hydrogen-bond donors (Lipinski definition) is 2. The molecule has 0 bridgehead atoms. The minimum atomic E-state index is -0.0294. The van der Waals surface area contributed by atoms with E-state index in [1.54, 1.807) is 0 Å². The van der Waals surface area contributed by atoms with E-state index in [1.165, 1.54) is 25.3 Å². The SMILES string of the molecule is CC(=O)N[C@H]1CCN(C(=O)c2cccc(CC3CCNCC3)c2)C1.Cl. The Morgan fingerprint density at radius 3 is 2.72 bits per heavy atom. The number of carbonyl (C=O) groups excluding carboxylic acids is 2. The van der Waals surface area contributed by atoms with E-state index in [9.17, 15) is 9.59 Å². The van der Waals surface area contributed by atoms with E-state index in [1.807, 2.05) is 17.0 Å². The first kappa shape index (κ1) is 19.7. The van der Waals surface area contributed by atoms with Gasteiger partial charge in [-0.3, -0.25) is 9.59 Å². The summed E-state index contributed by atoms with van der Waals surface area (Å²) >= 11 is 0. The van der Waals surface area contributed by atoms with Crippen LogP contribution in [0, 0.1) is 5.92 Å². The molecule has 1 aromatic carbocycles. The van der Waals surface area contributed by atoms with Crippen molar-refractivity contribution in [2.45, 2.75) is 38.6 Å². The Labute approximate surface area is 155 Å². The zero-order valence-electron chi connectivity index (χ0n) is 14.8. The maximum atomic E-state index is 12.7. The van der Waals surface area contributed by atoms with Crippen molar-refractivity contribution in [3.63, 3.8) is 0 Å². The van der Waals surface area contributed by atoms with Crippen molar-refractivity contribution in [2.75, 3.05) is 26.2 Å². The molecule has 3 rings (SSSR count). The molecule has 2 heterocycles. The van der Waals surface area contributed by atoms with Gasteiger partial charge >= 0.3 is 0 Å². The smallest absolute Gasteiger partial charge is 0.253 e. The van der Waals surface area contributed by atoms with Crippen LogP contribution in [0.4, 0.5) is 0 Å². The van der Waals surface area contributed by atoms with Gasteiger partial charge in [-0.1, -0.05) is 12.1 Å². The minimum absolute atomic E-state index is 0. The number of carbonyl (C=O) groups is 2. The van der Waals surface area contributed by atoms with E-state index in [0.29, 0.717) is 19.0 Å². The summed E-state index contributed by atoms with van der Waals surface area (Å²) in [5.41, 5.74) is 2.02. The van der Waals surface area contributed by atoms with Crippen molar-refractivity contribution in [1.29, 1.82) is 0 Å². The zero-order valence-corrected chi connectivity index (χ0v) is 15.6. The largest absolute Gasteiger partial charge is 0.352 e. The van der Waals surface area contributed by atoms with Gasteiger partial charge in [-0.15, -0.1) is 12.4 Å². The third-order valence-corrected chi connectivity index (χ3v) is 5.04. The van der Waals surface area contributed by atoms with Gasteiger partial charge in [0.05, 0.1) is 0 Å². The van der Waals surface area contributed by atoms with Gasteiger partial charge in [-0.2, -0.15) is 0 Å². The minimum Gasteiger partial charge on any atom is -0.352 e. The van der Waals surface area contributed by atoms with E-state index in [-0.39, 0.29) is 30.3 Å². The number of benzene rings is 1. The van der Waals surface area contributed by atoms with Gasteiger partial charge in [0.1, 0.15) is 0 Å². The second-order valence-electron chi connectivity index (χ2n) is 7.04. The molecule has 1 atom stereocenters. The van der Waals surface area contributed by atoms with Crippen LogP contribution in [0.3, 0.4) is 0 Å². The molecule has 2 N–H and O–H groups in total. The highest BCUT2D eigenvalue weighted by atomic mass is 35.5. The Balaban J connectivity index is 0.00000225. The van der Waals surface area contributed by atoms with Crippen LogP contribution < -0.4 is 10.6 Å². The van der Waals surface area contributed by atoms with Crippen LogP contribution >= 0.6 is 12.4 Å².